The fourth-order valence-corrected chi connectivity index (χ4v) is 2.25. The lowest BCUT2D eigenvalue weighted by atomic mass is 10.2. The van der Waals surface area contributed by atoms with Gasteiger partial charge in [0.05, 0.1) is 18.0 Å². The van der Waals surface area contributed by atoms with Crippen LogP contribution in [-0.2, 0) is 0 Å². The molecule has 2 aromatic rings. The number of rotatable bonds is 7. The first-order chi connectivity index (χ1) is 9.76. The average molecular weight is 273 g/mol. The van der Waals surface area contributed by atoms with Crippen LogP contribution in [0.25, 0.3) is 5.52 Å². The SMILES string of the molecule is CCCCN(CCCC)C(=O)c1ccn2cncc2c1. The summed E-state index contributed by atoms with van der Waals surface area (Å²) in [4.78, 5) is 18.7. The molecule has 108 valence electrons. The summed E-state index contributed by atoms with van der Waals surface area (Å²) in [7, 11) is 0. The summed E-state index contributed by atoms with van der Waals surface area (Å²) in [5, 5.41) is 0. The molecule has 0 fully saturated rings. The highest BCUT2D eigenvalue weighted by Crippen LogP contribution is 2.11. The molecule has 2 heterocycles. The van der Waals surface area contributed by atoms with E-state index in [1.54, 1.807) is 12.5 Å². The van der Waals surface area contributed by atoms with Crippen LogP contribution >= 0.6 is 0 Å². The van der Waals surface area contributed by atoms with Crippen molar-refractivity contribution in [3.05, 3.63) is 36.4 Å². The first-order valence-electron chi connectivity index (χ1n) is 7.47. The molecule has 0 aliphatic rings. The van der Waals surface area contributed by atoms with Crippen LogP contribution in [0.15, 0.2) is 30.9 Å². The van der Waals surface area contributed by atoms with Crippen molar-refractivity contribution in [2.24, 2.45) is 0 Å². The van der Waals surface area contributed by atoms with Gasteiger partial charge >= 0.3 is 0 Å². The summed E-state index contributed by atoms with van der Waals surface area (Å²) in [5.41, 5.74) is 1.71. The van der Waals surface area contributed by atoms with E-state index in [2.05, 4.69) is 18.8 Å². The Labute approximate surface area is 120 Å². The third-order valence-electron chi connectivity index (χ3n) is 3.51. The number of carbonyl (C=O) groups is 1. The van der Waals surface area contributed by atoms with Crippen LogP contribution in [0, 0.1) is 0 Å². The number of pyridine rings is 1. The monoisotopic (exact) mass is 273 g/mol. The van der Waals surface area contributed by atoms with Gasteiger partial charge in [0, 0.05) is 24.8 Å². The van der Waals surface area contributed by atoms with Gasteiger partial charge in [0.25, 0.3) is 5.91 Å². The van der Waals surface area contributed by atoms with Gasteiger partial charge in [-0.3, -0.25) is 4.79 Å². The number of unbranched alkanes of at least 4 members (excludes halogenated alkanes) is 2. The summed E-state index contributed by atoms with van der Waals surface area (Å²) >= 11 is 0. The molecular formula is C16H23N3O. The molecule has 4 heteroatoms. The highest BCUT2D eigenvalue weighted by Gasteiger charge is 2.15. The Morgan fingerprint density at radius 3 is 2.60 bits per heavy atom. The Morgan fingerprint density at radius 1 is 1.25 bits per heavy atom. The van der Waals surface area contributed by atoms with Gasteiger partial charge in [0.1, 0.15) is 0 Å². The zero-order valence-corrected chi connectivity index (χ0v) is 12.4. The largest absolute Gasteiger partial charge is 0.339 e. The van der Waals surface area contributed by atoms with Gasteiger partial charge < -0.3 is 9.30 Å². The van der Waals surface area contributed by atoms with Crippen molar-refractivity contribution in [3.8, 4) is 0 Å². The fraction of sp³-hybridized carbons (Fsp3) is 0.500. The minimum absolute atomic E-state index is 0.135. The van der Waals surface area contributed by atoms with E-state index >= 15 is 0 Å². The third-order valence-corrected chi connectivity index (χ3v) is 3.51. The summed E-state index contributed by atoms with van der Waals surface area (Å²) in [6.07, 6.45) is 9.76. The molecule has 0 saturated heterocycles. The fourth-order valence-electron chi connectivity index (χ4n) is 2.25. The van der Waals surface area contributed by atoms with Crippen LogP contribution in [0.3, 0.4) is 0 Å². The number of imidazole rings is 1. The summed E-state index contributed by atoms with van der Waals surface area (Å²) < 4.78 is 1.92. The van der Waals surface area contributed by atoms with Crippen molar-refractivity contribution < 1.29 is 4.79 Å². The minimum Gasteiger partial charge on any atom is -0.339 e. The van der Waals surface area contributed by atoms with Crippen LogP contribution in [0.4, 0.5) is 0 Å². The summed E-state index contributed by atoms with van der Waals surface area (Å²) in [6.45, 7) is 6.00. The van der Waals surface area contributed by atoms with Gasteiger partial charge in [-0.2, -0.15) is 0 Å². The van der Waals surface area contributed by atoms with E-state index in [4.69, 9.17) is 0 Å². The number of hydrogen-bond donors (Lipinski definition) is 0. The molecule has 0 unspecified atom stereocenters. The Kier molecular flexibility index (Phi) is 5.16. The number of amides is 1. The van der Waals surface area contributed by atoms with Gasteiger partial charge in [-0.15, -0.1) is 0 Å². The number of hydrogen-bond acceptors (Lipinski definition) is 2. The average Bonchev–Trinajstić information content (AvgIpc) is 2.94. The highest BCUT2D eigenvalue weighted by molar-refractivity contribution is 5.95. The maximum Gasteiger partial charge on any atom is 0.253 e. The van der Waals surface area contributed by atoms with Gasteiger partial charge in [-0.05, 0) is 25.0 Å². The van der Waals surface area contributed by atoms with Crippen LogP contribution in [-0.4, -0.2) is 33.3 Å². The molecule has 0 aliphatic carbocycles. The lowest BCUT2D eigenvalue weighted by molar-refractivity contribution is 0.0751. The molecule has 0 saturated carbocycles. The lowest BCUT2D eigenvalue weighted by Crippen LogP contribution is -2.33. The maximum atomic E-state index is 12.6. The molecule has 2 rings (SSSR count). The predicted octanol–water partition coefficient (Wildman–Crippen LogP) is 3.38. The molecule has 2 aromatic heterocycles. The quantitative estimate of drug-likeness (QED) is 0.775. The first-order valence-corrected chi connectivity index (χ1v) is 7.47. The molecule has 0 aliphatic heterocycles. The topological polar surface area (TPSA) is 37.6 Å². The number of nitrogens with zero attached hydrogens (tertiary/aromatic N) is 3. The highest BCUT2D eigenvalue weighted by atomic mass is 16.2. The van der Waals surface area contributed by atoms with Crippen LogP contribution in [0.2, 0.25) is 0 Å². The Bertz CT molecular complexity index is 554. The molecule has 0 radical (unpaired) electrons. The molecule has 4 nitrogen and oxygen atoms in total. The second kappa shape index (κ2) is 7.08. The molecule has 1 amide bonds. The van der Waals surface area contributed by atoms with Crippen molar-refractivity contribution in [1.29, 1.82) is 0 Å². The van der Waals surface area contributed by atoms with Gasteiger partial charge in [0.2, 0.25) is 0 Å². The number of carbonyl (C=O) groups excluding carboxylic acids is 1. The van der Waals surface area contributed by atoms with Gasteiger partial charge in [0.15, 0.2) is 0 Å². The molecule has 0 spiro atoms. The second-order valence-corrected chi connectivity index (χ2v) is 5.14. The molecule has 0 bridgehead atoms. The van der Waals surface area contributed by atoms with Crippen molar-refractivity contribution in [1.82, 2.24) is 14.3 Å². The molecule has 20 heavy (non-hydrogen) atoms. The van der Waals surface area contributed by atoms with E-state index in [-0.39, 0.29) is 5.91 Å². The van der Waals surface area contributed by atoms with Gasteiger partial charge in [-0.1, -0.05) is 26.7 Å². The van der Waals surface area contributed by atoms with E-state index in [1.807, 2.05) is 27.6 Å². The van der Waals surface area contributed by atoms with Crippen molar-refractivity contribution >= 4 is 11.4 Å². The van der Waals surface area contributed by atoms with Crippen molar-refractivity contribution in [2.75, 3.05) is 13.1 Å². The van der Waals surface area contributed by atoms with E-state index in [0.717, 1.165) is 49.9 Å². The second-order valence-electron chi connectivity index (χ2n) is 5.14. The maximum absolute atomic E-state index is 12.6. The summed E-state index contributed by atoms with van der Waals surface area (Å²) in [6, 6.07) is 3.79. The zero-order chi connectivity index (χ0) is 14.4. The van der Waals surface area contributed by atoms with Crippen molar-refractivity contribution in [2.45, 2.75) is 39.5 Å². The minimum atomic E-state index is 0.135. The van der Waals surface area contributed by atoms with Crippen LogP contribution < -0.4 is 0 Å². The number of fused-ring (bicyclic) bond motifs is 1. The standard InChI is InChI=1S/C16H23N3O/c1-3-5-8-18(9-6-4-2)16(20)14-7-10-19-13-17-12-15(19)11-14/h7,10-13H,3-6,8-9H2,1-2H3. The normalized spacial score (nSPS) is 10.9. The van der Waals surface area contributed by atoms with E-state index in [9.17, 15) is 4.79 Å². The Hall–Kier alpha value is -1.84. The van der Waals surface area contributed by atoms with E-state index in [0.29, 0.717) is 0 Å². The van der Waals surface area contributed by atoms with Gasteiger partial charge in [-0.25, -0.2) is 4.98 Å². The van der Waals surface area contributed by atoms with Crippen molar-refractivity contribution in [3.63, 3.8) is 0 Å². The third kappa shape index (κ3) is 3.38. The lowest BCUT2D eigenvalue weighted by Gasteiger charge is -2.22. The molecule has 0 N–H and O–H groups in total. The van der Waals surface area contributed by atoms with E-state index in [1.165, 1.54) is 0 Å². The van der Waals surface area contributed by atoms with Crippen LogP contribution in [0.1, 0.15) is 49.9 Å². The Balaban J connectivity index is 2.15. The molecule has 0 aromatic carbocycles. The van der Waals surface area contributed by atoms with E-state index < -0.39 is 0 Å². The summed E-state index contributed by atoms with van der Waals surface area (Å²) in [5.74, 6) is 0.135. The molecular weight excluding hydrogens is 250 g/mol. The number of aromatic nitrogens is 2. The van der Waals surface area contributed by atoms with Crippen LogP contribution in [0.5, 0.6) is 0 Å². The Morgan fingerprint density at radius 2 is 1.95 bits per heavy atom. The smallest absolute Gasteiger partial charge is 0.253 e. The molecule has 0 atom stereocenters. The predicted molar refractivity (Wildman–Crippen MR) is 80.9 cm³/mol. The zero-order valence-electron chi connectivity index (χ0n) is 12.4. The first kappa shape index (κ1) is 14.6.